The zero-order valence-corrected chi connectivity index (χ0v) is 11.8. The third kappa shape index (κ3) is 2.69. The van der Waals surface area contributed by atoms with Crippen LogP contribution in [0.2, 0.25) is 0 Å². The fourth-order valence-electron chi connectivity index (χ4n) is 1.83. The van der Waals surface area contributed by atoms with Crippen LogP contribution in [0.3, 0.4) is 0 Å². The van der Waals surface area contributed by atoms with E-state index >= 15 is 0 Å². The molecule has 0 amide bonds. The van der Waals surface area contributed by atoms with E-state index in [0.29, 0.717) is 0 Å². The van der Waals surface area contributed by atoms with Crippen LogP contribution < -0.4 is 5.32 Å². The molecule has 1 aromatic carbocycles. The van der Waals surface area contributed by atoms with E-state index in [2.05, 4.69) is 58.3 Å². The quantitative estimate of drug-likeness (QED) is 0.936. The highest BCUT2D eigenvalue weighted by molar-refractivity contribution is 9.10. The van der Waals surface area contributed by atoms with Gasteiger partial charge in [-0.15, -0.1) is 0 Å². The topological polar surface area (TPSA) is 29.9 Å². The predicted octanol–water partition coefficient (Wildman–Crippen LogP) is 3.66. The van der Waals surface area contributed by atoms with Crippen molar-refractivity contribution in [3.05, 3.63) is 46.5 Å². The number of rotatable bonds is 3. The summed E-state index contributed by atoms with van der Waals surface area (Å²) in [7, 11) is 2.00. The van der Waals surface area contributed by atoms with Crippen molar-refractivity contribution in [1.29, 1.82) is 0 Å². The van der Waals surface area contributed by atoms with Crippen LogP contribution in [0, 0.1) is 6.92 Å². The zero-order valence-electron chi connectivity index (χ0n) is 10.2. The minimum atomic E-state index is 0.175. The van der Waals surface area contributed by atoms with E-state index in [4.69, 9.17) is 0 Å². The van der Waals surface area contributed by atoms with Gasteiger partial charge in [-0.25, -0.2) is 4.98 Å². The first kappa shape index (κ1) is 12.2. The van der Waals surface area contributed by atoms with Gasteiger partial charge in [0.25, 0.3) is 0 Å². The molecule has 0 radical (unpaired) electrons. The number of aromatic nitrogens is 2. The molecule has 1 unspecified atom stereocenters. The van der Waals surface area contributed by atoms with Crippen LogP contribution in [-0.2, 0) is 7.05 Å². The molecule has 90 valence electrons. The lowest BCUT2D eigenvalue weighted by Gasteiger charge is -2.16. The molecule has 1 heterocycles. The molecular weight excluding hydrogens is 278 g/mol. The van der Waals surface area contributed by atoms with Gasteiger partial charge in [0.1, 0.15) is 5.82 Å². The van der Waals surface area contributed by atoms with Gasteiger partial charge in [0.15, 0.2) is 0 Å². The maximum atomic E-state index is 4.34. The molecule has 2 aromatic rings. The molecule has 1 N–H and O–H groups in total. The van der Waals surface area contributed by atoms with Crippen molar-refractivity contribution in [2.45, 2.75) is 19.9 Å². The summed E-state index contributed by atoms with van der Waals surface area (Å²) in [4.78, 5) is 4.34. The summed E-state index contributed by atoms with van der Waals surface area (Å²) in [6, 6.07) is 6.46. The SMILES string of the molecule is Cc1ccc(NC(C)c2nccn2C)c(Br)c1. The van der Waals surface area contributed by atoms with Crippen LogP contribution in [-0.4, -0.2) is 9.55 Å². The maximum absolute atomic E-state index is 4.34. The summed E-state index contributed by atoms with van der Waals surface area (Å²) in [6.45, 7) is 4.19. The number of nitrogens with zero attached hydrogens (tertiary/aromatic N) is 2. The summed E-state index contributed by atoms with van der Waals surface area (Å²) in [6.07, 6.45) is 3.77. The Balaban J connectivity index is 2.19. The Hall–Kier alpha value is -1.29. The number of aryl methyl sites for hydroxylation is 2. The second-order valence-corrected chi connectivity index (χ2v) is 5.10. The minimum Gasteiger partial charge on any atom is -0.374 e. The van der Waals surface area contributed by atoms with Gasteiger partial charge in [-0.2, -0.15) is 0 Å². The summed E-state index contributed by atoms with van der Waals surface area (Å²) in [5, 5.41) is 3.45. The molecule has 0 fully saturated rings. The monoisotopic (exact) mass is 293 g/mol. The van der Waals surface area contributed by atoms with Crippen molar-refractivity contribution in [3.8, 4) is 0 Å². The normalized spacial score (nSPS) is 12.5. The molecule has 3 nitrogen and oxygen atoms in total. The lowest BCUT2D eigenvalue weighted by molar-refractivity contribution is 0.721. The van der Waals surface area contributed by atoms with Crippen LogP contribution in [0.15, 0.2) is 35.1 Å². The highest BCUT2D eigenvalue weighted by atomic mass is 79.9. The van der Waals surface area contributed by atoms with E-state index < -0.39 is 0 Å². The second-order valence-electron chi connectivity index (χ2n) is 4.25. The molecular formula is C13H16BrN3. The summed E-state index contributed by atoms with van der Waals surface area (Å²) in [5.41, 5.74) is 2.33. The Labute approximate surface area is 110 Å². The lowest BCUT2D eigenvalue weighted by atomic mass is 10.2. The molecule has 1 aromatic heterocycles. The van der Waals surface area contributed by atoms with E-state index in [1.54, 1.807) is 0 Å². The molecule has 0 aliphatic rings. The summed E-state index contributed by atoms with van der Waals surface area (Å²) in [5.74, 6) is 1.03. The molecule has 0 bridgehead atoms. The van der Waals surface area contributed by atoms with Gasteiger partial charge in [0.2, 0.25) is 0 Å². The standard InChI is InChI=1S/C13H16BrN3/c1-9-4-5-12(11(14)8-9)16-10(2)13-15-6-7-17(13)3/h4-8,10,16H,1-3H3. The number of imidazole rings is 1. The van der Waals surface area contributed by atoms with Gasteiger partial charge in [-0.1, -0.05) is 6.07 Å². The smallest absolute Gasteiger partial charge is 0.130 e. The summed E-state index contributed by atoms with van der Waals surface area (Å²) < 4.78 is 3.11. The van der Waals surface area contributed by atoms with Gasteiger partial charge in [-0.05, 0) is 47.5 Å². The van der Waals surface area contributed by atoms with Crippen molar-refractivity contribution >= 4 is 21.6 Å². The van der Waals surface area contributed by atoms with Crippen molar-refractivity contribution in [3.63, 3.8) is 0 Å². The van der Waals surface area contributed by atoms with Crippen LogP contribution in [0.4, 0.5) is 5.69 Å². The van der Waals surface area contributed by atoms with Crippen LogP contribution in [0.25, 0.3) is 0 Å². The van der Waals surface area contributed by atoms with E-state index in [0.717, 1.165) is 16.0 Å². The molecule has 0 spiro atoms. The van der Waals surface area contributed by atoms with Crippen molar-refractivity contribution < 1.29 is 0 Å². The fraction of sp³-hybridized carbons (Fsp3) is 0.308. The fourth-order valence-corrected chi connectivity index (χ4v) is 2.44. The van der Waals surface area contributed by atoms with Gasteiger partial charge < -0.3 is 9.88 Å². The third-order valence-electron chi connectivity index (χ3n) is 2.74. The van der Waals surface area contributed by atoms with E-state index in [1.165, 1.54) is 5.56 Å². The Bertz CT molecular complexity index is 519. The highest BCUT2D eigenvalue weighted by Gasteiger charge is 2.11. The van der Waals surface area contributed by atoms with Crippen LogP contribution >= 0.6 is 15.9 Å². The van der Waals surface area contributed by atoms with Crippen molar-refractivity contribution in [2.24, 2.45) is 7.05 Å². The zero-order chi connectivity index (χ0) is 12.4. The lowest BCUT2D eigenvalue weighted by Crippen LogP contribution is -2.12. The number of nitrogens with one attached hydrogen (secondary N) is 1. The maximum Gasteiger partial charge on any atom is 0.130 e. The molecule has 0 aliphatic heterocycles. The number of anilines is 1. The highest BCUT2D eigenvalue weighted by Crippen LogP contribution is 2.26. The average Bonchev–Trinajstić information content (AvgIpc) is 2.68. The number of halogens is 1. The summed E-state index contributed by atoms with van der Waals surface area (Å²) >= 11 is 3.57. The van der Waals surface area contributed by atoms with Crippen molar-refractivity contribution in [1.82, 2.24) is 9.55 Å². The third-order valence-corrected chi connectivity index (χ3v) is 3.40. The Morgan fingerprint density at radius 2 is 2.18 bits per heavy atom. The van der Waals surface area contributed by atoms with Crippen LogP contribution in [0.1, 0.15) is 24.4 Å². The molecule has 1 atom stereocenters. The molecule has 17 heavy (non-hydrogen) atoms. The van der Waals surface area contributed by atoms with E-state index in [1.807, 2.05) is 24.0 Å². The minimum absolute atomic E-state index is 0.175. The Kier molecular flexibility index (Phi) is 3.52. The van der Waals surface area contributed by atoms with Gasteiger partial charge >= 0.3 is 0 Å². The van der Waals surface area contributed by atoms with E-state index in [-0.39, 0.29) is 6.04 Å². The average molecular weight is 294 g/mol. The Morgan fingerprint density at radius 3 is 2.76 bits per heavy atom. The number of hydrogen-bond acceptors (Lipinski definition) is 2. The number of hydrogen-bond donors (Lipinski definition) is 1. The second kappa shape index (κ2) is 4.92. The molecule has 0 saturated carbocycles. The first-order chi connectivity index (χ1) is 8.08. The number of benzene rings is 1. The predicted molar refractivity (Wildman–Crippen MR) is 74.1 cm³/mol. The molecule has 0 aliphatic carbocycles. The first-order valence-corrected chi connectivity index (χ1v) is 6.37. The molecule has 4 heteroatoms. The van der Waals surface area contributed by atoms with Crippen LogP contribution in [0.5, 0.6) is 0 Å². The Morgan fingerprint density at radius 1 is 1.41 bits per heavy atom. The largest absolute Gasteiger partial charge is 0.374 e. The van der Waals surface area contributed by atoms with Gasteiger partial charge in [-0.3, -0.25) is 0 Å². The molecule has 0 saturated heterocycles. The first-order valence-electron chi connectivity index (χ1n) is 5.58. The van der Waals surface area contributed by atoms with Gasteiger partial charge in [0.05, 0.1) is 6.04 Å². The van der Waals surface area contributed by atoms with Crippen molar-refractivity contribution in [2.75, 3.05) is 5.32 Å². The van der Waals surface area contributed by atoms with Gasteiger partial charge in [0, 0.05) is 29.6 Å². The molecule has 2 rings (SSSR count). The van der Waals surface area contributed by atoms with E-state index in [9.17, 15) is 0 Å².